The zero-order chi connectivity index (χ0) is 12.5. The Morgan fingerprint density at radius 1 is 1.28 bits per heavy atom. The van der Waals surface area contributed by atoms with Gasteiger partial charge in [-0.25, -0.2) is 0 Å². The van der Waals surface area contributed by atoms with Crippen LogP contribution in [-0.4, -0.2) is 5.91 Å². The van der Waals surface area contributed by atoms with Crippen molar-refractivity contribution >= 4 is 17.2 Å². The normalized spacial score (nSPS) is 24.8. The summed E-state index contributed by atoms with van der Waals surface area (Å²) in [6.45, 7) is 1.54. The number of fused-ring (bicyclic) bond motifs is 1. The first-order chi connectivity index (χ1) is 8.72. The van der Waals surface area contributed by atoms with Crippen molar-refractivity contribution in [2.24, 2.45) is 11.8 Å². The first-order valence-electron chi connectivity index (χ1n) is 6.50. The van der Waals surface area contributed by atoms with Crippen molar-refractivity contribution in [1.82, 2.24) is 0 Å². The minimum atomic E-state index is -0.0220. The third-order valence-electron chi connectivity index (χ3n) is 3.71. The van der Waals surface area contributed by atoms with Crippen LogP contribution < -0.4 is 5.32 Å². The second kappa shape index (κ2) is 4.45. The van der Waals surface area contributed by atoms with E-state index in [1.807, 2.05) is 12.1 Å². The molecule has 2 nitrogen and oxygen atoms in total. The minimum Gasteiger partial charge on any atom is -0.326 e. The van der Waals surface area contributed by atoms with Crippen LogP contribution >= 0.6 is 0 Å². The molecule has 0 aromatic heterocycles. The van der Waals surface area contributed by atoms with Gasteiger partial charge in [0.2, 0.25) is 5.91 Å². The van der Waals surface area contributed by atoms with E-state index in [0.717, 1.165) is 5.69 Å². The van der Waals surface area contributed by atoms with Crippen LogP contribution in [0.15, 0.2) is 42.5 Å². The molecule has 4 rings (SSSR count). The topological polar surface area (TPSA) is 29.1 Å². The van der Waals surface area contributed by atoms with Crippen LogP contribution in [-0.2, 0) is 4.79 Å². The van der Waals surface area contributed by atoms with Crippen molar-refractivity contribution in [2.75, 3.05) is 5.32 Å². The van der Waals surface area contributed by atoms with Crippen LogP contribution in [0.5, 0.6) is 0 Å². The molecule has 92 valence electrons. The number of allylic oxidation sites excluding steroid dienone is 4. The Bertz CT molecular complexity index is 542. The van der Waals surface area contributed by atoms with Crippen molar-refractivity contribution in [3.8, 4) is 0 Å². The number of carbonyl (C=O) groups excluding carboxylic acids is 1. The van der Waals surface area contributed by atoms with Crippen molar-refractivity contribution < 1.29 is 4.79 Å². The molecule has 1 amide bonds. The number of hydrogen-bond acceptors (Lipinski definition) is 1. The molecule has 3 aliphatic carbocycles. The number of benzene rings is 1. The van der Waals surface area contributed by atoms with Gasteiger partial charge in [-0.15, -0.1) is 0 Å². The summed E-state index contributed by atoms with van der Waals surface area (Å²) in [4.78, 5) is 11.1. The standard InChI is InChI=1S/C16H17NO/c1-11(18)17-15-4-2-3-14(10-15)16-9-12-5-7-13(16)8-6-12/h2-5,7,9-10,12-13H,6,8H2,1H3,(H,17,18). The van der Waals surface area contributed by atoms with E-state index in [-0.39, 0.29) is 5.91 Å². The second-order valence-corrected chi connectivity index (χ2v) is 5.12. The monoisotopic (exact) mass is 239 g/mol. The molecule has 2 heteroatoms. The van der Waals surface area contributed by atoms with Gasteiger partial charge in [-0.3, -0.25) is 4.79 Å². The van der Waals surface area contributed by atoms with E-state index in [1.165, 1.54) is 30.9 Å². The van der Waals surface area contributed by atoms with Gasteiger partial charge in [0, 0.05) is 18.5 Å². The van der Waals surface area contributed by atoms with Gasteiger partial charge < -0.3 is 5.32 Å². The van der Waals surface area contributed by atoms with Crippen LogP contribution in [0.1, 0.15) is 25.3 Å². The van der Waals surface area contributed by atoms with Crippen molar-refractivity contribution in [2.45, 2.75) is 19.8 Å². The maximum absolute atomic E-state index is 11.1. The average molecular weight is 239 g/mol. The molecule has 2 bridgehead atoms. The second-order valence-electron chi connectivity index (χ2n) is 5.12. The summed E-state index contributed by atoms with van der Waals surface area (Å²) < 4.78 is 0. The fourth-order valence-electron chi connectivity index (χ4n) is 2.88. The van der Waals surface area contributed by atoms with Crippen LogP contribution in [0, 0.1) is 11.8 Å². The summed E-state index contributed by atoms with van der Waals surface area (Å²) in [6.07, 6.45) is 9.54. The van der Waals surface area contributed by atoms with Gasteiger partial charge in [0.1, 0.15) is 0 Å². The predicted molar refractivity (Wildman–Crippen MR) is 74.1 cm³/mol. The first-order valence-corrected chi connectivity index (χ1v) is 6.50. The maximum Gasteiger partial charge on any atom is 0.221 e. The summed E-state index contributed by atoms with van der Waals surface area (Å²) in [7, 11) is 0. The zero-order valence-electron chi connectivity index (χ0n) is 10.5. The Morgan fingerprint density at radius 2 is 2.17 bits per heavy atom. The molecule has 2 atom stereocenters. The van der Waals surface area contributed by atoms with Crippen LogP contribution in [0.25, 0.3) is 5.57 Å². The van der Waals surface area contributed by atoms with Gasteiger partial charge >= 0.3 is 0 Å². The molecule has 1 aromatic carbocycles. The van der Waals surface area contributed by atoms with E-state index in [0.29, 0.717) is 11.8 Å². The van der Waals surface area contributed by atoms with Gasteiger partial charge in [0.05, 0.1) is 0 Å². The van der Waals surface area contributed by atoms with Gasteiger partial charge in [0.15, 0.2) is 0 Å². The molecule has 0 saturated heterocycles. The quantitative estimate of drug-likeness (QED) is 0.785. The van der Waals surface area contributed by atoms with Gasteiger partial charge in [-0.2, -0.15) is 0 Å². The lowest BCUT2D eigenvalue weighted by molar-refractivity contribution is -0.114. The zero-order valence-corrected chi connectivity index (χ0v) is 10.5. The summed E-state index contributed by atoms with van der Waals surface area (Å²) in [5.41, 5.74) is 3.53. The fraction of sp³-hybridized carbons (Fsp3) is 0.312. The molecule has 1 aromatic rings. The van der Waals surface area contributed by atoms with Gasteiger partial charge in [0.25, 0.3) is 0 Å². The Labute approximate surface area is 107 Å². The Balaban J connectivity index is 1.91. The highest BCUT2D eigenvalue weighted by molar-refractivity contribution is 5.89. The Morgan fingerprint density at radius 3 is 2.78 bits per heavy atom. The lowest BCUT2D eigenvalue weighted by Crippen LogP contribution is -2.16. The number of nitrogens with one attached hydrogen (secondary N) is 1. The summed E-state index contributed by atoms with van der Waals surface area (Å²) in [5.74, 6) is 1.14. The third kappa shape index (κ3) is 2.10. The number of hydrogen-bond donors (Lipinski definition) is 1. The largest absolute Gasteiger partial charge is 0.326 e. The van der Waals surface area contributed by atoms with E-state index in [9.17, 15) is 4.79 Å². The van der Waals surface area contributed by atoms with E-state index in [1.54, 1.807) is 0 Å². The van der Waals surface area contributed by atoms with Gasteiger partial charge in [-0.1, -0.05) is 30.4 Å². The molecule has 0 aliphatic heterocycles. The highest BCUT2D eigenvalue weighted by atomic mass is 16.1. The van der Waals surface area contributed by atoms with Crippen molar-refractivity contribution in [3.63, 3.8) is 0 Å². The predicted octanol–water partition coefficient (Wildman–Crippen LogP) is 3.62. The smallest absolute Gasteiger partial charge is 0.221 e. The third-order valence-corrected chi connectivity index (χ3v) is 3.71. The van der Waals surface area contributed by atoms with Crippen molar-refractivity contribution in [1.29, 1.82) is 0 Å². The van der Waals surface area contributed by atoms with Crippen LogP contribution in [0.2, 0.25) is 0 Å². The molecule has 2 unspecified atom stereocenters. The minimum absolute atomic E-state index is 0.0220. The number of rotatable bonds is 2. The molecule has 0 saturated carbocycles. The van der Waals surface area contributed by atoms with Crippen LogP contribution in [0.4, 0.5) is 5.69 Å². The average Bonchev–Trinajstić information content (AvgIpc) is 2.39. The lowest BCUT2D eigenvalue weighted by atomic mass is 9.74. The Kier molecular flexibility index (Phi) is 2.78. The van der Waals surface area contributed by atoms with E-state index < -0.39 is 0 Å². The summed E-state index contributed by atoms with van der Waals surface area (Å²) in [5, 5.41) is 2.84. The fourth-order valence-corrected chi connectivity index (χ4v) is 2.88. The van der Waals surface area contributed by atoms with E-state index in [4.69, 9.17) is 0 Å². The van der Waals surface area contributed by atoms with E-state index >= 15 is 0 Å². The molecule has 0 radical (unpaired) electrons. The SMILES string of the molecule is CC(=O)Nc1cccc(C2=CC3C=CC2CC3)c1. The van der Waals surface area contributed by atoms with Crippen LogP contribution in [0.3, 0.4) is 0 Å². The van der Waals surface area contributed by atoms with Gasteiger partial charge in [-0.05, 0) is 42.0 Å². The molecule has 0 heterocycles. The van der Waals surface area contributed by atoms with Crippen molar-refractivity contribution in [3.05, 3.63) is 48.1 Å². The number of amides is 1. The molecule has 3 aliphatic rings. The molecule has 1 N–H and O–H groups in total. The summed E-state index contributed by atoms with van der Waals surface area (Å²) in [6, 6.07) is 8.14. The number of anilines is 1. The number of carbonyl (C=O) groups is 1. The highest BCUT2D eigenvalue weighted by Gasteiger charge is 2.25. The summed E-state index contributed by atoms with van der Waals surface area (Å²) >= 11 is 0. The highest BCUT2D eigenvalue weighted by Crippen LogP contribution is 2.40. The molecular weight excluding hydrogens is 222 g/mol. The molecule has 0 spiro atoms. The maximum atomic E-state index is 11.1. The molecule has 0 fully saturated rings. The molecular formula is C16H17NO. The van der Waals surface area contributed by atoms with E-state index in [2.05, 4.69) is 35.7 Å². The lowest BCUT2D eigenvalue weighted by Gasteiger charge is -2.30. The molecule has 18 heavy (non-hydrogen) atoms. The first kappa shape index (κ1) is 11.3. The Hall–Kier alpha value is -1.83.